The molecule has 1 fully saturated rings. The second-order valence-electron chi connectivity index (χ2n) is 5.88. The first-order chi connectivity index (χ1) is 9.61. The summed E-state index contributed by atoms with van der Waals surface area (Å²) in [5.41, 5.74) is 5.08. The number of anilines is 1. The highest BCUT2D eigenvalue weighted by molar-refractivity contribution is 5.53. The summed E-state index contributed by atoms with van der Waals surface area (Å²) in [7, 11) is 0. The molecule has 2 aromatic carbocycles. The van der Waals surface area contributed by atoms with Gasteiger partial charge in [-0.25, -0.2) is 4.39 Å². The van der Waals surface area contributed by atoms with E-state index in [0.29, 0.717) is 12.0 Å². The Bertz CT molecular complexity index is 597. The quantitative estimate of drug-likeness (QED) is 0.844. The zero-order chi connectivity index (χ0) is 14.1. The number of rotatable bonds is 3. The van der Waals surface area contributed by atoms with Crippen LogP contribution in [0.4, 0.5) is 10.1 Å². The number of nitrogens with one attached hydrogen (secondary N) is 1. The number of hydrogen-bond acceptors (Lipinski definition) is 1. The maximum atomic E-state index is 12.9. The van der Waals surface area contributed by atoms with E-state index in [9.17, 15) is 4.39 Å². The first-order valence-electron chi connectivity index (χ1n) is 7.21. The van der Waals surface area contributed by atoms with Crippen molar-refractivity contribution in [2.24, 2.45) is 0 Å². The third-order valence-corrected chi connectivity index (χ3v) is 4.23. The van der Waals surface area contributed by atoms with E-state index < -0.39 is 0 Å². The van der Waals surface area contributed by atoms with Gasteiger partial charge in [0.1, 0.15) is 5.82 Å². The van der Waals surface area contributed by atoms with E-state index in [1.807, 2.05) is 12.1 Å². The van der Waals surface area contributed by atoms with E-state index in [1.165, 1.54) is 22.4 Å². The normalized spacial score (nSPS) is 21.4. The van der Waals surface area contributed by atoms with Crippen LogP contribution in [0, 0.1) is 19.7 Å². The molecule has 0 atom stereocenters. The van der Waals surface area contributed by atoms with Crippen molar-refractivity contribution in [1.29, 1.82) is 0 Å². The van der Waals surface area contributed by atoms with Gasteiger partial charge in [-0.15, -0.1) is 0 Å². The summed E-state index contributed by atoms with van der Waals surface area (Å²) < 4.78 is 12.9. The molecule has 1 saturated carbocycles. The van der Waals surface area contributed by atoms with Crippen molar-refractivity contribution in [1.82, 2.24) is 0 Å². The van der Waals surface area contributed by atoms with E-state index in [0.717, 1.165) is 12.8 Å². The molecule has 20 heavy (non-hydrogen) atoms. The molecule has 0 aromatic heterocycles. The maximum Gasteiger partial charge on any atom is 0.123 e. The van der Waals surface area contributed by atoms with Crippen LogP contribution in [0.2, 0.25) is 0 Å². The third-order valence-electron chi connectivity index (χ3n) is 4.23. The largest absolute Gasteiger partial charge is 0.382 e. The van der Waals surface area contributed by atoms with Crippen LogP contribution >= 0.6 is 0 Å². The molecular weight excluding hydrogens is 249 g/mol. The Kier molecular flexibility index (Phi) is 3.47. The Morgan fingerprint density at radius 1 is 1.00 bits per heavy atom. The Labute approximate surface area is 119 Å². The van der Waals surface area contributed by atoms with E-state index in [1.54, 1.807) is 12.1 Å². The lowest BCUT2D eigenvalue weighted by molar-refractivity contribution is 0.373. The molecule has 3 rings (SSSR count). The zero-order valence-electron chi connectivity index (χ0n) is 12.0. The molecule has 0 aliphatic heterocycles. The van der Waals surface area contributed by atoms with Gasteiger partial charge in [0.15, 0.2) is 0 Å². The molecule has 2 aromatic rings. The molecule has 0 amide bonds. The number of hydrogen-bond donors (Lipinski definition) is 1. The SMILES string of the molecule is Cc1ccc(C)c(NC2CC(c3ccc(F)cc3)C2)c1. The van der Waals surface area contributed by atoms with Gasteiger partial charge in [-0.2, -0.15) is 0 Å². The van der Waals surface area contributed by atoms with Gasteiger partial charge < -0.3 is 5.32 Å². The molecule has 0 radical (unpaired) electrons. The van der Waals surface area contributed by atoms with Crippen LogP contribution in [0.5, 0.6) is 0 Å². The van der Waals surface area contributed by atoms with E-state index in [2.05, 4.69) is 37.4 Å². The van der Waals surface area contributed by atoms with Crippen LogP contribution in [0.3, 0.4) is 0 Å². The Balaban J connectivity index is 1.60. The predicted molar refractivity (Wildman–Crippen MR) is 81.7 cm³/mol. The average Bonchev–Trinajstić information content (AvgIpc) is 2.39. The number of aryl methyl sites for hydroxylation is 2. The molecule has 104 valence electrons. The van der Waals surface area contributed by atoms with Crippen molar-refractivity contribution in [2.45, 2.75) is 38.6 Å². The number of halogens is 1. The molecular formula is C18H20FN. The Morgan fingerprint density at radius 3 is 2.40 bits per heavy atom. The monoisotopic (exact) mass is 269 g/mol. The summed E-state index contributed by atoms with van der Waals surface area (Å²) in [6, 6.07) is 14.0. The van der Waals surface area contributed by atoms with Crippen molar-refractivity contribution in [3.05, 3.63) is 65.0 Å². The van der Waals surface area contributed by atoms with Crippen LogP contribution in [0.25, 0.3) is 0 Å². The lowest BCUT2D eigenvalue weighted by atomic mass is 9.75. The molecule has 0 unspecified atom stereocenters. The summed E-state index contributed by atoms with van der Waals surface area (Å²) in [4.78, 5) is 0. The smallest absolute Gasteiger partial charge is 0.123 e. The van der Waals surface area contributed by atoms with Crippen LogP contribution in [-0.2, 0) is 0 Å². The molecule has 2 heteroatoms. The standard InChI is InChI=1S/C18H20FN/c1-12-3-4-13(2)18(9-12)20-17-10-15(11-17)14-5-7-16(19)8-6-14/h3-9,15,17,20H,10-11H2,1-2H3. The van der Waals surface area contributed by atoms with Crippen molar-refractivity contribution in [3.63, 3.8) is 0 Å². The highest BCUT2D eigenvalue weighted by atomic mass is 19.1. The first kappa shape index (κ1) is 13.2. The molecule has 1 aliphatic carbocycles. The minimum absolute atomic E-state index is 0.155. The van der Waals surface area contributed by atoms with Crippen LogP contribution in [0.1, 0.15) is 35.4 Å². The van der Waals surface area contributed by atoms with Gasteiger partial charge in [0, 0.05) is 11.7 Å². The maximum absolute atomic E-state index is 12.9. The Hall–Kier alpha value is -1.83. The van der Waals surface area contributed by atoms with Crippen LogP contribution < -0.4 is 5.32 Å². The highest BCUT2D eigenvalue weighted by Crippen LogP contribution is 2.38. The van der Waals surface area contributed by atoms with Crippen LogP contribution in [0.15, 0.2) is 42.5 Å². The van der Waals surface area contributed by atoms with Crippen molar-refractivity contribution in [2.75, 3.05) is 5.32 Å². The molecule has 0 saturated heterocycles. The topological polar surface area (TPSA) is 12.0 Å². The van der Waals surface area contributed by atoms with Gasteiger partial charge in [0.2, 0.25) is 0 Å². The van der Waals surface area contributed by atoms with Gasteiger partial charge >= 0.3 is 0 Å². The van der Waals surface area contributed by atoms with Gasteiger partial charge in [0.05, 0.1) is 0 Å². The fourth-order valence-electron chi connectivity index (χ4n) is 2.85. The lowest BCUT2D eigenvalue weighted by Gasteiger charge is -2.37. The Morgan fingerprint density at radius 2 is 1.70 bits per heavy atom. The summed E-state index contributed by atoms with van der Waals surface area (Å²) >= 11 is 0. The van der Waals surface area contributed by atoms with E-state index in [-0.39, 0.29) is 5.82 Å². The first-order valence-corrected chi connectivity index (χ1v) is 7.21. The van der Waals surface area contributed by atoms with E-state index >= 15 is 0 Å². The summed E-state index contributed by atoms with van der Waals surface area (Å²) in [6.07, 6.45) is 2.25. The molecule has 1 nitrogen and oxygen atoms in total. The average molecular weight is 269 g/mol. The van der Waals surface area contributed by atoms with Crippen molar-refractivity contribution >= 4 is 5.69 Å². The molecule has 0 heterocycles. The summed E-state index contributed by atoms with van der Waals surface area (Å²) in [5, 5.41) is 3.62. The minimum atomic E-state index is -0.155. The molecule has 0 bridgehead atoms. The minimum Gasteiger partial charge on any atom is -0.382 e. The summed E-state index contributed by atoms with van der Waals surface area (Å²) in [6.45, 7) is 4.25. The van der Waals surface area contributed by atoms with Gasteiger partial charge in [0.25, 0.3) is 0 Å². The molecule has 1 N–H and O–H groups in total. The van der Waals surface area contributed by atoms with Gasteiger partial charge in [-0.1, -0.05) is 24.3 Å². The fraction of sp³-hybridized carbons (Fsp3) is 0.333. The van der Waals surface area contributed by atoms with Crippen LogP contribution in [-0.4, -0.2) is 6.04 Å². The second-order valence-corrected chi connectivity index (χ2v) is 5.88. The highest BCUT2D eigenvalue weighted by Gasteiger charge is 2.30. The molecule has 1 aliphatic rings. The van der Waals surface area contributed by atoms with Crippen molar-refractivity contribution in [3.8, 4) is 0 Å². The zero-order valence-corrected chi connectivity index (χ0v) is 12.0. The fourth-order valence-corrected chi connectivity index (χ4v) is 2.85. The second kappa shape index (κ2) is 5.28. The third kappa shape index (κ3) is 2.69. The van der Waals surface area contributed by atoms with Gasteiger partial charge in [-0.3, -0.25) is 0 Å². The van der Waals surface area contributed by atoms with Gasteiger partial charge in [-0.05, 0) is 67.5 Å². The molecule has 0 spiro atoms. The van der Waals surface area contributed by atoms with Crippen molar-refractivity contribution < 1.29 is 4.39 Å². The summed E-state index contributed by atoms with van der Waals surface area (Å²) in [5.74, 6) is 0.413. The van der Waals surface area contributed by atoms with E-state index in [4.69, 9.17) is 0 Å². The lowest BCUT2D eigenvalue weighted by Crippen LogP contribution is -2.34. The predicted octanol–water partition coefficient (Wildman–Crippen LogP) is 4.80. The number of benzene rings is 2.